The zero-order valence-electron chi connectivity index (χ0n) is 15.8. The second kappa shape index (κ2) is 14.1. The molecule has 0 saturated carbocycles. The van der Waals surface area contributed by atoms with E-state index in [1.165, 1.54) is 12.1 Å². The Hall–Kier alpha value is -2.15. The smallest absolute Gasteiger partial charge is 0.224 e. The third-order valence-corrected chi connectivity index (χ3v) is 3.62. The minimum absolute atomic E-state index is 0.135. The first-order valence-corrected chi connectivity index (χ1v) is 9.19. The molecule has 146 valence electrons. The number of benzene rings is 1. The van der Waals surface area contributed by atoms with Crippen molar-refractivity contribution in [2.24, 2.45) is 4.99 Å². The highest BCUT2D eigenvalue weighted by atomic mass is 19.1. The van der Waals surface area contributed by atoms with Gasteiger partial charge in [-0.05, 0) is 30.5 Å². The number of hydrogen-bond donors (Lipinski definition) is 3. The molecule has 0 aliphatic rings. The molecule has 0 atom stereocenters. The van der Waals surface area contributed by atoms with Gasteiger partial charge in [0.2, 0.25) is 5.91 Å². The lowest BCUT2D eigenvalue weighted by atomic mass is 10.1. The SMILES string of the molecule is CCCCOCCCNC(=NC)NCCNC(=O)Cc1cccc(F)c1. The minimum Gasteiger partial charge on any atom is -0.381 e. The predicted octanol–water partition coefficient (Wildman–Crippen LogP) is 1.86. The highest BCUT2D eigenvalue weighted by Gasteiger charge is 2.04. The summed E-state index contributed by atoms with van der Waals surface area (Å²) in [5, 5.41) is 9.13. The van der Waals surface area contributed by atoms with E-state index in [9.17, 15) is 9.18 Å². The van der Waals surface area contributed by atoms with Crippen LogP contribution in [0.5, 0.6) is 0 Å². The van der Waals surface area contributed by atoms with Gasteiger partial charge in [0.1, 0.15) is 5.82 Å². The monoisotopic (exact) mass is 366 g/mol. The number of unbranched alkanes of at least 4 members (excludes halogenated alkanes) is 1. The van der Waals surface area contributed by atoms with Crippen molar-refractivity contribution >= 4 is 11.9 Å². The second-order valence-corrected chi connectivity index (χ2v) is 5.90. The normalized spacial score (nSPS) is 11.3. The molecule has 26 heavy (non-hydrogen) atoms. The van der Waals surface area contributed by atoms with E-state index in [0.717, 1.165) is 39.0 Å². The summed E-state index contributed by atoms with van der Waals surface area (Å²) in [6.07, 6.45) is 3.33. The van der Waals surface area contributed by atoms with Crippen molar-refractivity contribution in [3.8, 4) is 0 Å². The molecule has 7 heteroatoms. The summed E-state index contributed by atoms with van der Waals surface area (Å²) < 4.78 is 18.6. The Morgan fingerprint density at radius 1 is 1.12 bits per heavy atom. The van der Waals surface area contributed by atoms with Crippen LogP contribution < -0.4 is 16.0 Å². The van der Waals surface area contributed by atoms with Gasteiger partial charge in [0.25, 0.3) is 0 Å². The number of nitrogens with one attached hydrogen (secondary N) is 3. The molecule has 0 saturated heterocycles. The molecule has 6 nitrogen and oxygen atoms in total. The van der Waals surface area contributed by atoms with Crippen molar-refractivity contribution in [3.63, 3.8) is 0 Å². The van der Waals surface area contributed by atoms with Crippen LogP contribution in [-0.2, 0) is 16.0 Å². The van der Waals surface area contributed by atoms with E-state index < -0.39 is 0 Å². The molecule has 1 rings (SSSR count). The molecule has 0 bridgehead atoms. The maximum absolute atomic E-state index is 13.1. The third-order valence-electron chi connectivity index (χ3n) is 3.62. The van der Waals surface area contributed by atoms with E-state index in [-0.39, 0.29) is 18.1 Å². The van der Waals surface area contributed by atoms with Gasteiger partial charge in [-0.2, -0.15) is 0 Å². The number of guanidine groups is 1. The first kappa shape index (κ1) is 21.9. The average Bonchev–Trinajstić information content (AvgIpc) is 2.62. The van der Waals surface area contributed by atoms with E-state index >= 15 is 0 Å². The molecule has 0 radical (unpaired) electrons. The van der Waals surface area contributed by atoms with E-state index in [4.69, 9.17) is 4.74 Å². The Labute approximate surface area is 155 Å². The van der Waals surface area contributed by atoms with Gasteiger partial charge in [-0.1, -0.05) is 25.5 Å². The number of rotatable bonds is 12. The number of hydrogen-bond acceptors (Lipinski definition) is 3. The van der Waals surface area contributed by atoms with Crippen molar-refractivity contribution in [1.29, 1.82) is 0 Å². The van der Waals surface area contributed by atoms with Crippen LogP contribution in [-0.4, -0.2) is 51.8 Å². The van der Waals surface area contributed by atoms with Gasteiger partial charge in [0.05, 0.1) is 6.42 Å². The van der Waals surface area contributed by atoms with Gasteiger partial charge in [-0.3, -0.25) is 9.79 Å². The van der Waals surface area contributed by atoms with Crippen LogP contribution in [0.15, 0.2) is 29.3 Å². The number of halogens is 1. The Bertz CT molecular complexity index is 552. The second-order valence-electron chi connectivity index (χ2n) is 5.90. The Morgan fingerprint density at radius 2 is 1.85 bits per heavy atom. The molecular weight excluding hydrogens is 335 g/mol. The predicted molar refractivity (Wildman–Crippen MR) is 103 cm³/mol. The third kappa shape index (κ3) is 10.7. The molecule has 0 spiro atoms. The molecule has 1 aromatic carbocycles. The fraction of sp³-hybridized carbons (Fsp3) is 0.579. The Morgan fingerprint density at radius 3 is 2.58 bits per heavy atom. The Kier molecular flexibility index (Phi) is 11.8. The summed E-state index contributed by atoms with van der Waals surface area (Å²) >= 11 is 0. The molecular formula is C19H31FN4O2. The summed E-state index contributed by atoms with van der Waals surface area (Å²) in [7, 11) is 1.70. The number of nitrogens with zero attached hydrogens (tertiary/aromatic N) is 1. The van der Waals surface area contributed by atoms with Crippen LogP contribution in [0.3, 0.4) is 0 Å². The van der Waals surface area contributed by atoms with Gasteiger partial charge >= 0.3 is 0 Å². The highest BCUT2D eigenvalue weighted by Crippen LogP contribution is 2.03. The van der Waals surface area contributed by atoms with Gasteiger partial charge < -0.3 is 20.7 Å². The van der Waals surface area contributed by atoms with E-state index in [1.54, 1.807) is 19.2 Å². The molecule has 0 unspecified atom stereocenters. The summed E-state index contributed by atoms with van der Waals surface area (Å²) in [5.41, 5.74) is 0.661. The maximum atomic E-state index is 13.1. The molecule has 1 amide bonds. The van der Waals surface area contributed by atoms with Gasteiger partial charge in [-0.15, -0.1) is 0 Å². The Balaban J connectivity index is 2.08. The van der Waals surface area contributed by atoms with Crippen molar-refractivity contribution in [3.05, 3.63) is 35.6 Å². The molecule has 0 aliphatic carbocycles. The average molecular weight is 366 g/mol. The molecule has 1 aromatic rings. The lowest BCUT2D eigenvalue weighted by Gasteiger charge is -2.12. The van der Waals surface area contributed by atoms with Gasteiger partial charge in [-0.25, -0.2) is 4.39 Å². The summed E-state index contributed by atoms with van der Waals surface area (Å²) in [6, 6.07) is 6.07. The standard InChI is InChI=1S/C19H31FN4O2/c1-3-4-12-26-13-6-9-23-19(21-2)24-11-10-22-18(25)15-16-7-5-8-17(20)14-16/h5,7-8,14H,3-4,6,9-13,15H2,1-2H3,(H,22,25)(H2,21,23,24). The van der Waals surface area contributed by atoms with Crippen molar-refractivity contribution in [1.82, 2.24) is 16.0 Å². The van der Waals surface area contributed by atoms with Crippen LogP contribution in [0, 0.1) is 5.82 Å². The number of amides is 1. The molecule has 0 aliphatic heterocycles. The number of carbonyl (C=O) groups is 1. The molecule has 0 heterocycles. The quantitative estimate of drug-likeness (QED) is 0.300. The summed E-state index contributed by atoms with van der Waals surface area (Å²) in [4.78, 5) is 16.0. The van der Waals surface area contributed by atoms with Crippen LogP contribution >= 0.6 is 0 Å². The fourth-order valence-corrected chi connectivity index (χ4v) is 2.23. The first-order valence-electron chi connectivity index (χ1n) is 9.19. The van der Waals surface area contributed by atoms with Crippen molar-refractivity contribution < 1.29 is 13.9 Å². The van der Waals surface area contributed by atoms with Crippen LogP contribution in [0.1, 0.15) is 31.7 Å². The van der Waals surface area contributed by atoms with Crippen LogP contribution in [0.25, 0.3) is 0 Å². The lowest BCUT2D eigenvalue weighted by molar-refractivity contribution is -0.120. The van der Waals surface area contributed by atoms with Crippen molar-refractivity contribution in [2.45, 2.75) is 32.6 Å². The maximum Gasteiger partial charge on any atom is 0.224 e. The molecule has 0 aromatic heterocycles. The number of ether oxygens (including phenoxy) is 1. The molecule has 3 N–H and O–H groups in total. The fourth-order valence-electron chi connectivity index (χ4n) is 2.23. The highest BCUT2D eigenvalue weighted by molar-refractivity contribution is 5.80. The summed E-state index contributed by atoms with van der Waals surface area (Å²) in [6.45, 7) is 5.50. The van der Waals surface area contributed by atoms with Crippen molar-refractivity contribution in [2.75, 3.05) is 39.9 Å². The minimum atomic E-state index is -0.331. The van der Waals surface area contributed by atoms with E-state index in [1.807, 2.05) is 0 Å². The first-order chi connectivity index (χ1) is 12.7. The number of aliphatic imine (C=N–C) groups is 1. The van der Waals surface area contributed by atoms with Gasteiger partial charge in [0, 0.05) is 39.9 Å². The van der Waals surface area contributed by atoms with Crippen LogP contribution in [0.2, 0.25) is 0 Å². The summed E-state index contributed by atoms with van der Waals surface area (Å²) in [5.74, 6) is 0.227. The van der Waals surface area contributed by atoms with E-state index in [2.05, 4.69) is 27.9 Å². The zero-order valence-corrected chi connectivity index (χ0v) is 15.8. The molecule has 0 fully saturated rings. The van der Waals surface area contributed by atoms with E-state index in [0.29, 0.717) is 24.6 Å². The van der Waals surface area contributed by atoms with Crippen LogP contribution in [0.4, 0.5) is 4.39 Å². The van der Waals surface area contributed by atoms with Gasteiger partial charge in [0.15, 0.2) is 5.96 Å². The zero-order chi connectivity index (χ0) is 19.0. The largest absolute Gasteiger partial charge is 0.381 e. The topological polar surface area (TPSA) is 74.8 Å². The number of carbonyl (C=O) groups excluding carboxylic acids is 1. The lowest BCUT2D eigenvalue weighted by Crippen LogP contribution is -2.42.